The number of likely N-dealkylation sites (tertiary alicyclic amines) is 1. The molecule has 1 atom stereocenters. The van der Waals surface area contributed by atoms with Gasteiger partial charge in [-0.1, -0.05) is 13.8 Å². The van der Waals surface area contributed by atoms with Gasteiger partial charge in [-0.2, -0.15) is 5.10 Å². The third-order valence-corrected chi connectivity index (χ3v) is 4.78. The van der Waals surface area contributed by atoms with Crippen LogP contribution in [0.4, 0.5) is 8.78 Å². The van der Waals surface area contributed by atoms with E-state index in [0.29, 0.717) is 25.4 Å². The summed E-state index contributed by atoms with van der Waals surface area (Å²) in [5.41, 5.74) is 0.871. The lowest BCUT2D eigenvalue weighted by Crippen LogP contribution is -2.59. The number of amides is 2. The van der Waals surface area contributed by atoms with Gasteiger partial charge in [0.15, 0.2) is 0 Å². The molecule has 1 aromatic heterocycles. The molecule has 0 unspecified atom stereocenters. The highest BCUT2D eigenvalue weighted by Crippen LogP contribution is 2.30. The summed E-state index contributed by atoms with van der Waals surface area (Å²) in [6.07, 6.45) is 3.03. The first-order valence-corrected chi connectivity index (χ1v) is 8.71. The smallest absolute Gasteiger partial charge is 0.282 e. The van der Waals surface area contributed by atoms with Gasteiger partial charge in [-0.25, -0.2) is 8.78 Å². The molecule has 0 bridgehead atoms. The van der Waals surface area contributed by atoms with Crippen LogP contribution in [-0.4, -0.2) is 57.0 Å². The van der Waals surface area contributed by atoms with Crippen molar-refractivity contribution in [2.75, 3.05) is 19.6 Å². The van der Waals surface area contributed by atoms with Crippen LogP contribution >= 0.6 is 0 Å². The van der Waals surface area contributed by atoms with E-state index in [4.69, 9.17) is 0 Å². The first-order valence-electron chi connectivity index (χ1n) is 8.71. The molecule has 0 radical (unpaired) electrons. The number of fused-ring (bicyclic) bond motifs is 1. The van der Waals surface area contributed by atoms with Gasteiger partial charge in [0, 0.05) is 19.2 Å². The summed E-state index contributed by atoms with van der Waals surface area (Å²) in [6.45, 7) is 3.99. The van der Waals surface area contributed by atoms with E-state index in [2.05, 4.69) is 18.9 Å². The predicted octanol–water partition coefficient (Wildman–Crippen LogP) is 2.07. The number of carbonyl (C=O) groups excluding carboxylic acids is 2. The highest BCUT2D eigenvalue weighted by atomic mass is 19.3. The Morgan fingerprint density at radius 3 is 2.64 bits per heavy atom. The number of alkyl halides is 2. The fourth-order valence-electron chi connectivity index (χ4n) is 3.32. The lowest BCUT2D eigenvalue weighted by Gasteiger charge is -2.40. The summed E-state index contributed by atoms with van der Waals surface area (Å²) < 4.78 is 27.7. The summed E-state index contributed by atoms with van der Waals surface area (Å²) in [7, 11) is 0. The predicted molar refractivity (Wildman–Crippen MR) is 86.9 cm³/mol. The van der Waals surface area contributed by atoms with E-state index >= 15 is 0 Å². The van der Waals surface area contributed by atoms with Crippen LogP contribution in [0.1, 0.15) is 44.8 Å². The molecule has 1 saturated heterocycles. The molecule has 138 valence electrons. The minimum atomic E-state index is -2.77. The minimum Gasteiger partial charge on any atom is -0.335 e. The van der Waals surface area contributed by atoms with Crippen molar-refractivity contribution in [1.82, 2.24) is 19.6 Å². The summed E-state index contributed by atoms with van der Waals surface area (Å²) in [5, 5.41) is 4.25. The molecule has 8 heteroatoms. The van der Waals surface area contributed by atoms with Gasteiger partial charge in [-0.05, 0) is 18.4 Å². The van der Waals surface area contributed by atoms with Crippen molar-refractivity contribution >= 4 is 11.8 Å². The van der Waals surface area contributed by atoms with Gasteiger partial charge in [0.25, 0.3) is 5.92 Å². The highest BCUT2D eigenvalue weighted by molar-refractivity contribution is 5.79. The third kappa shape index (κ3) is 3.99. The Kier molecular flexibility index (Phi) is 4.79. The third-order valence-electron chi connectivity index (χ3n) is 4.78. The van der Waals surface area contributed by atoms with Gasteiger partial charge < -0.3 is 9.80 Å². The summed E-state index contributed by atoms with van der Waals surface area (Å²) >= 11 is 0. The lowest BCUT2D eigenvalue weighted by molar-refractivity contribution is -0.166. The maximum absolute atomic E-state index is 13.0. The van der Waals surface area contributed by atoms with E-state index in [9.17, 15) is 18.4 Å². The Labute approximate surface area is 145 Å². The molecule has 2 amide bonds. The number of hydrogen-bond donors (Lipinski definition) is 0. The van der Waals surface area contributed by atoms with Crippen molar-refractivity contribution in [2.45, 2.75) is 51.6 Å². The number of halogens is 2. The highest BCUT2D eigenvalue weighted by Gasteiger charge is 2.46. The molecule has 3 heterocycles. The zero-order valence-electron chi connectivity index (χ0n) is 14.6. The first-order chi connectivity index (χ1) is 11.7. The van der Waals surface area contributed by atoms with Crippen LogP contribution < -0.4 is 0 Å². The van der Waals surface area contributed by atoms with Gasteiger partial charge in [-0.15, -0.1) is 0 Å². The van der Waals surface area contributed by atoms with Crippen molar-refractivity contribution in [3.05, 3.63) is 18.0 Å². The molecule has 0 spiro atoms. The number of nitrogens with zero attached hydrogens (tertiary/aromatic N) is 4. The molecule has 0 aromatic carbocycles. The van der Waals surface area contributed by atoms with Gasteiger partial charge in [0.2, 0.25) is 11.8 Å². The van der Waals surface area contributed by atoms with Gasteiger partial charge in [0.1, 0.15) is 0 Å². The van der Waals surface area contributed by atoms with Gasteiger partial charge in [-0.3, -0.25) is 14.3 Å². The van der Waals surface area contributed by atoms with Crippen LogP contribution in [-0.2, 0) is 16.1 Å². The molecule has 1 fully saturated rings. The molecule has 2 aliphatic heterocycles. The van der Waals surface area contributed by atoms with E-state index in [1.165, 1.54) is 4.90 Å². The monoisotopic (exact) mass is 354 g/mol. The Bertz CT molecular complexity index is 651. The van der Waals surface area contributed by atoms with Gasteiger partial charge >= 0.3 is 0 Å². The van der Waals surface area contributed by atoms with E-state index in [0.717, 1.165) is 12.1 Å². The zero-order valence-corrected chi connectivity index (χ0v) is 14.6. The Balaban J connectivity index is 1.64. The average Bonchev–Trinajstić information content (AvgIpc) is 2.98. The van der Waals surface area contributed by atoms with Crippen LogP contribution in [0.15, 0.2) is 12.3 Å². The maximum atomic E-state index is 13.0. The van der Waals surface area contributed by atoms with Crippen molar-refractivity contribution in [2.24, 2.45) is 5.92 Å². The van der Waals surface area contributed by atoms with Crippen molar-refractivity contribution < 1.29 is 18.4 Å². The Morgan fingerprint density at radius 2 is 2.00 bits per heavy atom. The van der Waals surface area contributed by atoms with Gasteiger partial charge in [0.05, 0.1) is 37.8 Å². The second kappa shape index (κ2) is 6.72. The summed E-state index contributed by atoms with van der Waals surface area (Å²) in [6, 6.07) is 1.53. The fourth-order valence-corrected chi connectivity index (χ4v) is 3.32. The molecular formula is C17H24F2N4O2. The topological polar surface area (TPSA) is 58.4 Å². The second-order valence-electron chi connectivity index (χ2n) is 7.44. The lowest BCUT2D eigenvalue weighted by atomic mass is 10.0. The summed E-state index contributed by atoms with van der Waals surface area (Å²) in [5.74, 6) is -2.56. The normalized spacial score (nSPS) is 21.9. The number of rotatable bonds is 5. The molecule has 0 N–H and O–H groups in total. The second-order valence-corrected chi connectivity index (χ2v) is 7.44. The fraction of sp³-hybridized carbons (Fsp3) is 0.706. The molecule has 0 saturated carbocycles. The number of aromatic nitrogens is 2. The SMILES string of the molecule is CC(C)CCC(=O)N1Cc2ccnn2[C@H](CC(=O)N2CC(F)(F)C2)C1. The average molecular weight is 354 g/mol. The van der Waals surface area contributed by atoms with Crippen LogP contribution in [0, 0.1) is 5.92 Å². The molecular weight excluding hydrogens is 330 g/mol. The van der Waals surface area contributed by atoms with Crippen LogP contribution in [0.5, 0.6) is 0 Å². The summed E-state index contributed by atoms with van der Waals surface area (Å²) in [4.78, 5) is 27.6. The van der Waals surface area contributed by atoms with Crippen LogP contribution in [0.3, 0.4) is 0 Å². The number of carbonyl (C=O) groups is 2. The van der Waals surface area contributed by atoms with E-state index in [1.54, 1.807) is 15.8 Å². The van der Waals surface area contributed by atoms with Crippen molar-refractivity contribution in [3.8, 4) is 0 Å². The molecule has 1 aromatic rings. The molecule has 3 rings (SSSR count). The zero-order chi connectivity index (χ0) is 18.2. The van der Waals surface area contributed by atoms with Crippen LogP contribution in [0.2, 0.25) is 0 Å². The van der Waals surface area contributed by atoms with E-state index in [-0.39, 0.29) is 24.3 Å². The minimum absolute atomic E-state index is 0.0640. The van der Waals surface area contributed by atoms with Crippen molar-refractivity contribution in [1.29, 1.82) is 0 Å². The van der Waals surface area contributed by atoms with E-state index < -0.39 is 19.0 Å². The Morgan fingerprint density at radius 1 is 1.28 bits per heavy atom. The standard InChI is InChI=1S/C17H24F2N4O2/c1-12(2)3-4-15(24)21-8-13-5-6-20-23(13)14(9-21)7-16(25)22-10-17(18,19)11-22/h5-6,12,14H,3-4,7-11H2,1-2H3/t14-/m1/s1. The van der Waals surface area contributed by atoms with Crippen LogP contribution in [0.25, 0.3) is 0 Å². The Hall–Kier alpha value is -1.99. The molecule has 0 aliphatic carbocycles. The first kappa shape index (κ1) is 17.8. The molecule has 2 aliphatic rings. The largest absolute Gasteiger partial charge is 0.335 e. The van der Waals surface area contributed by atoms with E-state index in [1.807, 2.05) is 6.07 Å². The molecule has 25 heavy (non-hydrogen) atoms. The molecule has 6 nitrogen and oxygen atoms in total. The van der Waals surface area contributed by atoms with Crippen molar-refractivity contribution in [3.63, 3.8) is 0 Å². The quantitative estimate of drug-likeness (QED) is 0.813. The maximum Gasteiger partial charge on any atom is 0.282 e. The number of hydrogen-bond acceptors (Lipinski definition) is 3.